The van der Waals surface area contributed by atoms with Gasteiger partial charge in [0.25, 0.3) is 0 Å². The van der Waals surface area contributed by atoms with Crippen LogP contribution in [-0.2, 0) is 19.5 Å². The molecular weight excluding hydrogens is 296 g/mol. The Balaban J connectivity index is 1.83. The molecule has 2 aromatic rings. The fourth-order valence-corrected chi connectivity index (χ4v) is 2.77. The van der Waals surface area contributed by atoms with Gasteiger partial charge < -0.3 is 5.32 Å². The summed E-state index contributed by atoms with van der Waals surface area (Å²) in [4.78, 5) is 4.52. The first-order valence-corrected chi connectivity index (χ1v) is 7.33. The Morgan fingerprint density at radius 3 is 2.94 bits per heavy atom. The first kappa shape index (κ1) is 12.7. The van der Waals surface area contributed by atoms with E-state index in [2.05, 4.69) is 56.7 Å². The monoisotopic (exact) mass is 310 g/mol. The molecule has 2 rings (SSSR count). The third-order valence-corrected chi connectivity index (χ3v) is 3.96. The standard InChI is InChI=1S/C13H15BrN2S/c1-2-13-16-12(9-17-13)8-15-7-10-4-3-5-11(14)6-10/h3-6,9,15H,2,7-8H2,1H3. The lowest BCUT2D eigenvalue weighted by Crippen LogP contribution is -2.12. The van der Waals surface area contributed by atoms with Crippen molar-refractivity contribution in [3.05, 3.63) is 50.4 Å². The van der Waals surface area contributed by atoms with E-state index in [1.54, 1.807) is 11.3 Å². The quantitative estimate of drug-likeness (QED) is 0.909. The molecule has 0 amide bonds. The van der Waals surface area contributed by atoms with Gasteiger partial charge in [0.05, 0.1) is 10.7 Å². The number of hydrogen-bond donors (Lipinski definition) is 1. The van der Waals surface area contributed by atoms with Gasteiger partial charge in [-0.3, -0.25) is 0 Å². The van der Waals surface area contributed by atoms with Crippen LogP contribution >= 0.6 is 27.3 Å². The number of nitrogens with one attached hydrogen (secondary N) is 1. The van der Waals surface area contributed by atoms with Gasteiger partial charge in [-0.25, -0.2) is 4.98 Å². The minimum Gasteiger partial charge on any atom is -0.307 e. The molecular formula is C13H15BrN2S. The highest BCUT2D eigenvalue weighted by molar-refractivity contribution is 9.10. The Kier molecular flexibility index (Phi) is 4.71. The van der Waals surface area contributed by atoms with Crippen LogP contribution < -0.4 is 5.32 Å². The van der Waals surface area contributed by atoms with Crippen molar-refractivity contribution in [1.82, 2.24) is 10.3 Å². The van der Waals surface area contributed by atoms with Crippen LogP contribution in [0.3, 0.4) is 0 Å². The summed E-state index contributed by atoms with van der Waals surface area (Å²) in [6.07, 6.45) is 1.02. The van der Waals surface area contributed by atoms with Crippen LogP contribution in [0.5, 0.6) is 0 Å². The zero-order chi connectivity index (χ0) is 12.1. The second kappa shape index (κ2) is 6.28. The fourth-order valence-electron chi connectivity index (χ4n) is 1.57. The van der Waals surface area contributed by atoms with Crippen LogP contribution in [0.4, 0.5) is 0 Å². The van der Waals surface area contributed by atoms with Gasteiger partial charge >= 0.3 is 0 Å². The number of thiazole rings is 1. The van der Waals surface area contributed by atoms with E-state index in [9.17, 15) is 0 Å². The number of hydrogen-bond acceptors (Lipinski definition) is 3. The van der Waals surface area contributed by atoms with Crippen molar-refractivity contribution in [2.24, 2.45) is 0 Å². The Labute approximate surface area is 114 Å². The molecule has 0 aliphatic rings. The van der Waals surface area contributed by atoms with Gasteiger partial charge in [0, 0.05) is 22.9 Å². The first-order chi connectivity index (χ1) is 8.28. The van der Waals surface area contributed by atoms with Gasteiger partial charge in [-0.15, -0.1) is 11.3 Å². The maximum Gasteiger partial charge on any atom is 0.0926 e. The van der Waals surface area contributed by atoms with E-state index in [0.717, 1.165) is 29.7 Å². The van der Waals surface area contributed by atoms with Crippen LogP contribution in [0.25, 0.3) is 0 Å². The van der Waals surface area contributed by atoms with Crippen molar-refractivity contribution >= 4 is 27.3 Å². The normalized spacial score (nSPS) is 10.7. The van der Waals surface area contributed by atoms with Crippen molar-refractivity contribution in [3.8, 4) is 0 Å². The highest BCUT2D eigenvalue weighted by Gasteiger charge is 2.00. The van der Waals surface area contributed by atoms with Gasteiger partial charge in [0.1, 0.15) is 0 Å². The summed E-state index contributed by atoms with van der Waals surface area (Å²) >= 11 is 5.21. The van der Waals surface area contributed by atoms with E-state index in [1.165, 1.54) is 10.6 Å². The molecule has 1 N–H and O–H groups in total. The molecule has 0 aliphatic carbocycles. The molecule has 0 aliphatic heterocycles. The minimum atomic E-state index is 0.836. The van der Waals surface area contributed by atoms with Crippen LogP contribution in [0.1, 0.15) is 23.2 Å². The number of benzene rings is 1. The van der Waals surface area contributed by atoms with Crippen LogP contribution in [-0.4, -0.2) is 4.98 Å². The molecule has 90 valence electrons. The molecule has 0 saturated heterocycles. The van der Waals surface area contributed by atoms with Crippen molar-refractivity contribution < 1.29 is 0 Å². The predicted molar refractivity (Wildman–Crippen MR) is 76.2 cm³/mol. The number of rotatable bonds is 5. The summed E-state index contributed by atoms with van der Waals surface area (Å²) in [7, 11) is 0. The maximum absolute atomic E-state index is 4.52. The summed E-state index contributed by atoms with van der Waals surface area (Å²) < 4.78 is 1.12. The van der Waals surface area contributed by atoms with Gasteiger partial charge in [-0.05, 0) is 24.1 Å². The zero-order valence-electron chi connectivity index (χ0n) is 9.74. The molecule has 0 saturated carbocycles. The minimum absolute atomic E-state index is 0.836. The molecule has 0 unspecified atom stereocenters. The van der Waals surface area contributed by atoms with E-state index < -0.39 is 0 Å². The average Bonchev–Trinajstić information content (AvgIpc) is 2.77. The van der Waals surface area contributed by atoms with Crippen LogP contribution in [0.2, 0.25) is 0 Å². The Hall–Kier alpha value is -0.710. The Morgan fingerprint density at radius 2 is 2.24 bits per heavy atom. The highest BCUT2D eigenvalue weighted by atomic mass is 79.9. The molecule has 0 spiro atoms. The number of nitrogens with zero attached hydrogens (tertiary/aromatic N) is 1. The topological polar surface area (TPSA) is 24.9 Å². The lowest BCUT2D eigenvalue weighted by molar-refractivity contribution is 0.680. The van der Waals surface area contributed by atoms with E-state index >= 15 is 0 Å². The van der Waals surface area contributed by atoms with Gasteiger partial charge in [-0.2, -0.15) is 0 Å². The molecule has 0 fully saturated rings. The molecule has 1 heterocycles. The summed E-state index contributed by atoms with van der Waals surface area (Å²) in [6, 6.07) is 8.35. The second-order valence-corrected chi connectivity index (χ2v) is 5.68. The van der Waals surface area contributed by atoms with E-state index in [-0.39, 0.29) is 0 Å². The third kappa shape index (κ3) is 3.91. The van der Waals surface area contributed by atoms with Gasteiger partial charge in [0.15, 0.2) is 0 Å². The van der Waals surface area contributed by atoms with E-state index in [1.807, 2.05) is 6.07 Å². The summed E-state index contributed by atoms with van der Waals surface area (Å²) in [5.41, 5.74) is 2.42. The summed E-state index contributed by atoms with van der Waals surface area (Å²) in [6.45, 7) is 3.85. The maximum atomic E-state index is 4.52. The molecule has 4 heteroatoms. The molecule has 17 heavy (non-hydrogen) atoms. The lowest BCUT2D eigenvalue weighted by atomic mass is 10.2. The molecule has 0 radical (unpaired) electrons. The van der Waals surface area contributed by atoms with E-state index in [4.69, 9.17) is 0 Å². The molecule has 1 aromatic carbocycles. The molecule has 0 bridgehead atoms. The number of aryl methyl sites for hydroxylation is 1. The Morgan fingerprint density at radius 1 is 1.35 bits per heavy atom. The molecule has 0 atom stereocenters. The van der Waals surface area contributed by atoms with Crippen molar-refractivity contribution in [1.29, 1.82) is 0 Å². The van der Waals surface area contributed by atoms with Crippen LogP contribution in [0.15, 0.2) is 34.1 Å². The van der Waals surface area contributed by atoms with Crippen molar-refractivity contribution in [2.75, 3.05) is 0 Å². The third-order valence-electron chi connectivity index (χ3n) is 2.43. The van der Waals surface area contributed by atoms with Gasteiger partial charge in [-0.1, -0.05) is 35.0 Å². The number of aromatic nitrogens is 1. The smallest absolute Gasteiger partial charge is 0.0926 e. The van der Waals surface area contributed by atoms with Gasteiger partial charge in [0.2, 0.25) is 0 Å². The summed E-state index contributed by atoms with van der Waals surface area (Å²) in [5, 5.41) is 6.75. The average molecular weight is 311 g/mol. The second-order valence-electron chi connectivity index (χ2n) is 3.82. The largest absolute Gasteiger partial charge is 0.307 e. The fraction of sp³-hybridized carbons (Fsp3) is 0.308. The zero-order valence-corrected chi connectivity index (χ0v) is 12.1. The van der Waals surface area contributed by atoms with Crippen molar-refractivity contribution in [2.45, 2.75) is 26.4 Å². The molecule has 2 nitrogen and oxygen atoms in total. The number of halogens is 1. The molecule has 1 aromatic heterocycles. The highest BCUT2D eigenvalue weighted by Crippen LogP contribution is 2.12. The Bertz CT molecular complexity index is 482. The van der Waals surface area contributed by atoms with Crippen LogP contribution in [0, 0.1) is 0 Å². The van der Waals surface area contributed by atoms with Crippen molar-refractivity contribution in [3.63, 3.8) is 0 Å². The predicted octanol–water partition coefficient (Wildman–Crippen LogP) is 3.76. The van der Waals surface area contributed by atoms with E-state index in [0.29, 0.717) is 0 Å². The lowest BCUT2D eigenvalue weighted by Gasteiger charge is -2.03. The summed E-state index contributed by atoms with van der Waals surface area (Å²) in [5.74, 6) is 0. The SMILES string of the molecule is CCc1nc(CNCc2cccc(Br)c2)cs1. The first-order valence-electron chi connectivity index (χ1n) is 5.66.